The molecule has 1 heterocycles. The lowest BCUT2D eigenvalue weighted by Crippen LogP contribution is -2.19. The molecule has 208 valence electrons. The van der Waals surface area contributed by atoms with Crippen LogP contribution in [0, 0.1) is 12.8 Å². The van der Waals surface area contributed by atoms with Crippen molar-refractivity contribution >= 4 is 28.4 Å². The second-order valence-corrected chi connectivity index (χ2v) is 9.24. The maximum atomic E-state index is 12.9. The summed E-state index contributed by atoms with van der Waals surface area (Å²) >= 11 is 0. The maximum Gasteiger partial charge on any atom is 0.307 e. The third-order valence-electron chi connectivity index (χ3n) is 6.59. The van der Waals surface area contributed by atoms with E-state index in [9.17, 15) is 9.59 Å². The summed E-state index contributed by atoms with van der Waals surface area (Å²) in [6.45, 7) is 18.7. The summed E-state index contributed by atoms with van der Waals surface area (Å²) in [5.74, 6) is -0.481. The van der Waals surface area contributed by atoms with Crippen molar-refractivity contribution in [2.75, 3.05) is 0 Å². The van der Waals surface area contributed by atoms with Gasteiger partial charge in [-0.25, -0.2) is 0 Å². The normalized spacial score (nSPS) is 15.8. The number of esters is 1. The lowest BCUT2D eigenvalue weighted by Gasteiger charge is -2.24. The average molecular weight is 531 g/mol. The topological polar surface area (TPSA) is 60.4 Å². The molecule has 0 amide bonds. The predicted octanol–water partition coefficient (Wildman–Crippen LogP) is 8.19. The number of unbranched alkanes of at least 4 members (excludes halogenated alkanes) is 1. The third kappa shape index (κ3) is 11.7. The standard InChI is InChI=1S/C27H34O3.2C2H6.CH2O.H3P/c1-5-27(3,4)22-16-14-21(15-17-22)26-23(18-25(29)30-26)24(28)9-7-6-8-20-12-10-19(2)11-13-20;3*1-2;/h10-17,23,26H,5-9,18H2,1-4H3;2*1-2H3;1H2;1H3/t23-,26-;;;;/m1..../s1. The zero-order valence-electron chi connectivity index (χ0n) is 24.6. The van der Waals surface area contributed by atoms with Gasteiger partial charge < -0.3 is 9.53 Å². The van der Waals surface area contributed by atoms with Crippen molar-refractivity contribution in [1.82, 2.24) is 0 Å². The summed E-state index contributed by atoms with van der Waals surface area (Å²) in [4.78, 5) is 32.9. The molecule has 0 bridgehead atoms. The van der Waals surface area contributed by atoms with E-state index in [1.807, 2.05) is 46.6 Å². The van der Waals surface area contributed by atoms with Gasteiger partial charge in [0.05, 0.1) is 12.3 Å². The highest BCUT2D eigenvalue weighted by molar-refractivity contribution is 6.92. The van der Waals surface area contributed by atoms with Crippen LogP contribution < -0.4 is 0 Å². The minimum atomic E-state index is -0.444. The quantitative estimate of drug-likeness (QED) is 0.186. The maximum absolute atomic E-state index is 12.9. The highest BCUT2D eigenvalue weighted by Crippen LogP contribution is 2.38. The number of hydrogen-bond donors (Lipinski definition) is 0. The summed E-state index contributed by atoms with van der Waals surface area (Å²) in [5.41, 5.74) is 4.86. The lowest BCUT2D eigenvalue weighted by atomic mass is 9.81. The van der Waals surface area contributed by atoms with Crippen LogP contribution in [0.15, 0.2) is 48.5 Å². The fourth-order valence-corrected chi connectivity index (χ4v) is 4.04. The number of hydrogen-bond acceptors (Lipinski definition) is 4. The van der Waals surface area contributed by atoms with Gasteiger partial charge >= 0.3 is 5.97 Å². The highest BCUT2D eigenvalue weighted by Gasteiger charge is 2.40. The fourth-order valence-electron chi connectivity index (χ4n) is 4.04. The molecule has 1 saturated heterocycles. The van der Waals surface area contributed by atoms with E-state index >= 15 is 0 Å². The van der Waals surface area contributed by atoms with Gasteiger partial charge in [-0.2, -0.15) is 9.90 Å². The van der Waals surface area contributed by atoms with Gasteiger partial charge in [0, 0.05) is 6.42 Å². The second-order valence-electron chi connectivity index (χ2n) is 9.24. The molecule has 0 aromatic heterocycles. The number of aryl methyl sites for hydroxylation is 2. The van der Waals surface area contributed by atoms with E-state index in [0.717, 1.165) is 31.2 Å². The fraction of sp³-hybridized carbons (Fsp3) is 0.531. The van der Waals surface area contributed by atoms with Crippen molar-refractivity contribution in [2.45, 2.75) is 105 Å². The number of rotatable bonds is 9. The van der Waals surface area contributed by atoms with Gasteiger partial charge in [-0.15, -0.1) is 0 Å². The minimum absolute atomic E-state index is 0. The molecule has 1 unspecified atom stereocenters. The number of Topliss-reactive ketones (excluding diaryl/α,β-unsaturated/α-hetero) is 1. The zero-order chi connectivity index (χ0) is 27.7. The highest BCUT2D eigenvalue weighted by atomic mass is 31.0. The van der Waals surface area contributed by atoms with E-state index in [4.69, 9.17) is 9.53 Å². The Balaban J connectivity index is 0. The van der Waals surface area contributed by atoms with E-state index in [0.29, 0.717) is 6.42 Å². The number of cyclic esters (lactones) is 1. The SMILES string of the molecule is C=O.CC.CC.CCC(C)(C)c1ccc([C@H]2OC(=O)C[C@@H]2C(=O)CCCCc2ccc(C)cc2)cc1.P. The molecular formula is C32H51O4P. The molecule has 3 atom stereocenters. The molecule has 0 spiro atoms. The van der Waals surface area contributed by atoms with Gasteiger partial charge in [-0.05, 0) is 54.7 Å². The van der Waals surface area contributed by atoms with Crippen molar-refractivity contribution in [3.8, 4) is 0 Å². The van der Waals surface area contributed by atoms with Crippen LogP contribution in [0.25, 0.3) is 0 Å². The molecule has 37 heavy (non-hydrogen) atoms. The molecule has 0 radical (unpaired) electrons. The summed E-state index contributed by atoms with van der Waals surface area (Å²) in [6, 6.07) is 16.8. The molecule has 2 aromatic carbocycles. The van der Waals surface area contributed by atoms with Gasteiger partial charge in [-0.1, -0.05) is 103 Å². The predicted molar refractivity (Wildman–Crippen MR) is 161 cm³/mol. The van der Waals surface area contributed by atoms with Crippen LogP contribution in [0.2, 0.25) is 0 Å². The molecule has 4 nitrogen and oxygen atoms in total. The van der Waals surface area contributed by atoms with Gasteiger partial charge in [0.2, 0.25) is 0 Å². The Morgan fingerprint density at radius 2 is 1.49 bits per heavy atom. The van der Waals surface area contributed by atoms with Crippen LogP contribution in [-0.2, 0) is 31.0 Å². The smallest absolute Gasteiger partial charge is 0.307 e. The largest absolute Gasteiger partial charge is 0.457 e. The van der Waals surface area contributed by atoms with E-state index in [1.54, 1.807) is 0 Å². The van der Waals surface area contributed by atoms with Crippen molar-refractivity contribution in [3.63, 3.8) is 0 Å². The Bertz CT molecular complexity index is 888. The number of carbonyl (C=O) groups is 3. The summed E-state index contributed by atoms with van der Waals surface area (Å²) in [7, 11) is 0. The molecule has 3 rings (SSSR count). The number of carbonyl (C=O) groups excluding carboxylic acids is 3. The van der Waals surface area contributed by atoms with Crippen LogP contribution in [-0.4, -0.2) is 18.5 Å². The Morgan fingerprint density at radius 1 is 0.946 bits per heavy atom. The Kier molecular flexibility index (Phi) is 19.7. The van der Waals surface area contributed by atoms with Crippen LogP contribution in [0.3, 0.4) is 0 Å². The molecule has 1 aliphatic heterocycles. The van der Waals surface area contributed by atoms with Gasteiger partial charge in [0.1, 0.15) is 18.7 Å². The molecule has 0 aliphatic carbocycles. The third-order valence-corrected chi connectivity index (χ3v) is 6.59. The number of ether oxygens (including phenoxy) is 1. The second kappa shape index (κ2) is 19.7. The molecule has 1 aliphatic rings. The van der Waals surface area contributed by atoms with E-state index in [-0.39, 0.29) is 39.4 Å². The van der Waals surface area contributed by atoms with Gasteiger partial charge in [-0.3, -0.25) is 9.59 Å². The number of benzene rings is 2. The van der Waals surface area contributed by atoms with E-state index in [2.05, 4.69) is 64.1 Å². The summed E-state index contributed by atoms with van der Waals surface area (Å²) in [6.07, 6.45) is 4.10. The van der Waals surface area contributed by atoms with Crippen molar-refractivity contribution in [3.05, 3.63) is 70.8 Å². The summed E-state index contributed by atoms with van der Waals surface area (Å²) < 4.78 is 5.56. The molecular weight excluding hydrogens is 479 g/mol. The van der Waals surface area contributed by atoms with Crippen molar-refractivity contribution in [1.29, 1.82) is 0 Å². The first-order valence-corrected chi connectivity index (χ1v) is 13.5. The first kappa shape index (κ1) is 36.8. The van der Waals surface area contributed by atoms with Crippen LogP contribution in [0.1, 0.15) is 109 Å². The Morgan fingerprint density at radius 3 is 2.00 bits per heavy atom. The lowest BCUT2D eigenvalue weighted by molar-refractivity contribution is -0.141. The minimum Gasteiger partial charge on any atom is -0.457 e. The molecule has 5 heteroatoms. The first-order chi connectivity index (χ1) is 17.3. The molecule has 0 saturated carbocycles. The molecule has 2 aromatic rings. The molecule has 0 N–H and O–H groups in total. The van der Waals surface area contributed by atoms with Crippen LogP contribution in [0.5, 0.6) is 0 Å². The Hall–Kier alpha value is -2.32. The van der Waals surface area contributed by atoms with E-state index in [1.165, 1.54) is 16.7 Å². The average Bonchev–Trinajstić information content (AvgIpc) is 3.33. The molecule has 1 fully saturated rings. The summed E-state index contributed by atoms with van der Waals surface area (Å²) in [5, 5.41) is 0. The Labute approximate surface area is 229 Å². The first-order valence-electron chi connectivity index (χ1n) is 13.5. The van der Waals surface area contributed by atoms with Crippen molar-refractivity contribution < 1.29 is 19.1 Å². The zero-order valence-corrected chi connectivity index (χ0v) is 26.0. The van der Waals surface area contributed by atoms with Gasteiger partial charge in [0.25, 0.3) is 0 Å². The van der Waals surface area contributed by atoms with Crippen LogP contribution >= 0.6 is 9.90 Å². The van der Waals surface area contributed by atoms with Crippen LogP contribution in [0.4, 0.5) is 0 Å². The van der Waals surface area contributed by atoms with E-state index < -0.39 is 6.10 Å². The monoisotopic (exact) mass is 530 g/mol. The van der Waals surface area contributed by atoms with Gasteiger partial charge in [0.15, 0.2) is 0 Å². The number of ketones is 1. The van der Waals surface area contributed by atoms with Crippen molar-refractivity contribution in [2.24, 2.45) is 5.92 Å².